The highest BCUT2D eigenvalue weighted by atomic mass is 35.5. The van der Waals surface area contributed by atoms with Gasteiger partial charge in [0.05, 0.1) is 5.38 Å². The highest BCUT2D eigenvalue weighted by molar-refractivity contribution is 6.22. The van der Waals surface area contributed by atoms with Crippen molar-refractivity contribution in [2.75, 3.05) is 0 Å². The van der Waals surface area contributed by atoms with E-state index in [0.29, 0.717) is 5.57 Å². The predicted octanol–water partition coefficient (Wildman–Crippen LogP) is 2.28. The zero-order valence-electron chi connectivity index (χ0n) is 6.97. The summed E-state index contributed by atoms with van der Waals surface area (Å²) in [4.78, 5) is 10.3. The molecule has 1 N–H and O–H groups in total. The summed E-state index contributed by atoms with van der Waals surface area (Å²) < 4.78 is 0. The average molecular weight is 177 g/mol. The van der Waals surface area contributed by atoms with E-state index in [-0.39, 0.29) is 11.3 Å². The molecule has 0 aromatic heterocycles. The Kier molecular flexibility index (Phi) is 4.19. The van der Waals surface area contributed by atoms with Crippen LogP contribution in [-0.2, 0) is 4.79 Å². The molecule has 0 aromatic rings. The van der Waals surface area contributed by atoms with Crippen LogP contribution in [0.1, 0.15) is 20.8 Å². The van der Waals surface area contributed by atoms with E-state index in [9.17, 15) is 4.79 Å². The first kappa shape index (κ1) is 10.5. The van der Waals surface area contributed by atoms with Gasteiger partial charge >= 0.3 is 5.97 Å². The van der Waals surface area contributed by atoms with Crippen LogP contribution in [0.3, 0.4) is 0 Å². The van der Waals surface area contributed by atoms with E-state index in [1.54, 1.807) is 13.0 Å². The van der Waals surface area contributed by atoms with E-state index in [0.717, 1.165) is 0 Å². The van der Waals surface area contributed by atoms with Crippen molar-refractivity contribution in [1.29, 1.82) is 0 Å². The van der Waals surface area contributed by atoms with Gasteiger partial charge in [-0.05, 0) is 12.8 Å². The standard InChI is InChI=1S/C8H13ClO2/c1-5(2)7(9)4-6(3)8(10)11/h4-5,7H,1-3H3,(H,10,11)/b6-4+. The van der Waals surface area contributed by atoms with Gasteiger partial charge in [-0.3, -0.25) is 0 Å². The number of hydrogen-bond donors (Lipinski definition) is 1. The fourth-order valence-electron chi connectivity index (χ4n) is 0.503. The van der Waals surface area contributed by atoms with Crippen LogP contribution in [0.2, 0.25) is 0 Å². The van der Waals surface area contributed by atoms with Crippen molar-refractivity contribution in [3.8, 4) is 0 Å². The smallest absolute Gasteiger partial charge is 0.330 e. The Morgan fingerprint density at radius 2 is 2.00 bits per heavy atom. The highest BCUT2D eigenvalue weighted by Crippen LogP contribution is 2.12. The molecule has 0 heterocycles. The molecule has 0 radical (unpaired) electrons. The van der Waals surface area contributed by atoms with Gasteiger partial charge < -0.3 is 5.11 Å². The third kappa shape index (κ3) is 4.04. The van der Waals surface area contributed by atoms with Gasteiger partial charge in [0.15, 0.2) is 0 Å². The Bertz CT molecular complexity index is 173. The Balaban J connectivity index is 4.19. The molecule has 11 heavy (non-hydrogen) atoms. The number of allylic oxidation sites excluding steroid dienone is 1. The summed E-state index contributed by atoms with van der Waals surface area (Å²) in [6.45, 7) is 5.44. The third-order valence-electron chi connectivity index (χ3n) is 1.38. The maximum absolute atomic E-state index is 10.3. The Morgan fingerprint density at radius 1 is 1.55 bits per heavy atom. The second-order valence-corrected chi connectivity index (χ2v) is 3.35. The van der Waals surface area contributed by atoms with Crippen molar-refractivity contribution in [2.45, 2.75) is 26.1 Å². The molecule has 0 bridgehead atoms. The molecule has 0 rings (SSSR count). The quantitative estimate of drug-likeness (QED) is 0.529. The molecule has 0 saturated heterocycles. The van der Waals surface area contributed by atoms with Crippen molar-refractivity contribution in [3.05, 3.63) is 11.6 Å². The normalized spacial score (nSPS) is 15.2. The molecular formula is C8H13ClO2. The highest BCUT2D eigenvalue weighted by Gasteiger charge is 2.08. The lowest BCUT2D eigenvalue weighted by atomic mass is 10.1. The molecule has 3 heteroatoms. The third-order valence-corrected chi connectivity index (χ3v) is 2.01. The predicted molar refractivity (Wildman–Crippen MR) is 45.9 cm³/mol. The van der Waals surface area contributed by atoms with E-state index in [1.165, 1.54) is 0 Å². The summed E-state index contributed by atoms with van der Waals surface area (Å²) in [7, 11) is 0. The van der Waals surface area contributed by atoms with Crippen molar-refractivity contribution < 1.29 is 9.90 Å². The second kappa shape index (κ2) is 4.39. The van der Waals surface area contributed by atoms with E-state index in [1.807, 2.05) is 13.8 Å². The topological polar surface area (TPSA) is 37.3 Å². The fraction of sp³-hybridized carbons (Fsp3) is 0.625. The number of halogens is 1. The van der Waals surface area contributed by atoms with Gasteiger partial charge in [-0.2, -0.15) is 0 Å². The van der Waals surface area contributed by atoms with Gasteiger partial charge in [-0.1, -0.05) is 19.9 Å². The Labute approximate surface area is 71.9 Å². The summed E-state index contributed by atoms with van der Waals surface area (Å²) >= 11 is 5.81. The van der Waals surface area contributed by atoms with Gasteiger partial charge in [0.1, 0.15) is 0 Å². The molecule has 0 fully saturated rings. The van der Waals surface area contributed by atoms with Crippen molar-refractivity contribution >= 4 is 17.6 Å². The first-order chi connectivity index (χ1) is 4.95. The van der Waals surface area contributed by atoms with Crippen molar-refractivity contribution in [2.24, 2.45) is 5.92 Å². The summed E-state index contributed by atoms with van der Waals surface area (Å²) in [5.74, 6) is -0.637. The van der Waals surface area contributed by atoms with Gasteiger partial charge in [0.25, 0.3) is 0 Å². The van der Waals surface area contributed by atoms with Crippen LogP contribution < -0.4 is 0 Å². The van der Waals surface area contributed by atoms with Crippen LogP contribution in [-0.4, -0.2) is 16.5 Å². The molecule has 0 aliphatic heterocycles. The first-order valence-electron chi connectivity index (χ1n) is 3.51. The lowest BCUT2D eigenvalue weighted by Gasteiger charge is -2.07. The monoisotopic (exact) mass is 176 g/mol. The maximum atomic E-state index is 10.3. The number of alkyl halides is 1. The molecule has 0 amide bonds. The lowest BCUT2D eigenvalue weighted by Crippen LogP contribution is -2.07. The zero-order valence-corrected chi connectivity index (χ0v) is 7.72. The average Bonchev–Trinajstić information content (AvgIpc) is 1.87. The Hall–Kier alpha value is -0.500. The number of carboxylic acid groups (broad SMARTS) is 1. The molecule has 1 atom stereocenters. The molecule has 0 saturated carbocycles. The number of aliphatic carboxylic acids is 1. The molecule has 2 nitrogen and oxygen atoms in total. The van der Waals surface area contributed by atoms with E-state index < -0.39 is 5.97 Å². The molecule has 0 aromatic carbocycles. The summed E-state index contributed by atoms with van der Waals surface area (Å²) in [6, 6.07) is 0. The van der Waals surface area contributed by atoms with Crippen molar-refractivity contribution in [3.63, 3.8) is 0 Å². The summed E-state index contributed by atoms with van der Waals surface area (Å²) in [5.41, 5.74) is 0.304. The van der Waals surface area contributed by atoms with Crippen LogP contribution in [0.4, 0.5) is 0 Å². The number of hydrogen-bond acceptors (Lipinski definition) is 1. The molecule has 1 unspecified atom stereocenters. The van der Waals surface area contributed by atoms with E-state index >= 15 is 0 Å². The molecule has 0 spiro atoms. The van der Waals surface area contributed by atoms with Gasteiger partial charge in [0, 0.05) is 5.57 Å². The van der Waals surface area contributed by atoms with Gasteiger partial charge in [-0.25, -0.2) is 4.79 Å². The molecular weight excluding hydrogens is 164 g/mol. The first-order valence-corrected chi connectivity index (χ1v) is 3.94. The minimum Gasteiger partial charge on any atom is -0.478 e. The SMILES string of the molecule is C/C(=C\C(Cl)C(C)C)C(=O)O. The number of rotatable bonds is 3. The summed E-state index contributed by atoms with van der Waals surface area (Å²) in [6.07, 6.45) is 1.56. The largest absolute Gasteiger partial charge is 0.478 e. The minimum absolute atomic E-state index is 0.189. The van der Waals surface area contributed by atoms with Crippen molar-refractivity contribution in [1.82, 2.24) is 0 Å². The Morgan fingerprint density at radius 3 is 2.27 bits per heavy atom. The lowest BCUT2D eigenvalue weighted by molar-refractivity contribution is -0.132. The van der Waals surface area contributed by atoms with Crippen LogP contribution in [0, 0.1) is 5.92 Å². The van der Waals surface area contributed by atoms with Crippen LogP contribution >= 0.6 is 11.6 Å². The van der Waals surface area contributed by atoms with Gasteiger partial charge in [0.2, 0.25) is 0 Å². The fourth-order valence-corrected chi connectivity index (χ4v) is 0.692. The summed E-state index contributed by atoms with van der Waals surface area (Å²) in [5, 5.41) is 8.30. The van der Waals surface area contributed by atoms with Crippen LogP contribution in [0.15, 0.2) is 11.6 Å². The maximum Gasteiger partial charge on any atom is 0.330 e. The van der Waals surface area contributed by atoms with Gasteiger partial charge in [-0.15, -0.1) is 11.6 Å². The van der Waals surface area contributed by atoms with Crippen LogP contribution in [0.5, 0.6) is 0 Å². The van der Waals surface area contributed by atoms with Crippen LogP contribution in [0.25, 0.3) is 0 Å². The zero-order chi connectivity index (χ0) is 9.02. The molecule has 64 valence electrons. The minimum atomic E-state index is -0.906. The van der Waals surface area contributed by atoms with E-state index in [4.69, 9.17) is 16.7 Å². The second-order valence-electron chi connectivity index (χ2n) is 2.84. The number of carbonyl (C=O) groups is 1. The molecule has 0 aliphatic rings. The number of carboxylic acids is 1. The van der Waals surface area contributed by atoms with E-state index in [2.05, 4.69) is 0 Å². The molecule has 0 aliphatic carbocycles.